The van der Waals surface area contributed by atoms with Gasteiger partial charge in [0.05, 0.1) is 7.11 Å². The molecule has 0 aromatic heterocycles. The summed E-state index contributed by atoms with van der Waals surface area (Å²) in [5.74, 6) is 0.0294. The Kier molecular flexibility index (Phi) is 3.63. The molecule has 0 fully saturated rings. The van der Waals surface area contributed by atoms with E-state index in [1.165, 1.54) is 13.2 Å². The molecule has 14 heavy (non-hydrogen) atoms. The molecule has 0 N–H and O–H groups in total. The fourth-order valence-electron chi connectivity index (χ4n) is 1.44. The molecule has 76 valence electrons. The molecule has 3 heteroatoms. The second-order valence-corrected chi connectivity index (χ2v) is 3.16. The average molecular weight is 196 g/mol. The van der Waals surface area contributed by atoms with Crippen molar-refractivity contribution >= 4 is 6.29 Å². The summed E-state index contributed by atoms with van der Waals surface area (Å²) in [7, 11) is 1.49. The topological polar surface area (TPSA) is 26.3 Å². The van der Waals surface area contributed by atoms with E-state index in [1.54, 1.807) is 19.1 Å². The van der Waals surface area contributed by atoms with Gasteiger partial charge in [0.2, 0.25) is 0 Å². The molecule has 1 unspecified atom stereocenters. The lowest BCUT2D eigenvalue weighted by Gasteiger charge is -2.13. The summed E-state index contributed by atoms with van der Waals surface area (Å²) in [5.41, 5.74) is 0.474. The molecule has 1 atom stereocenters. The first-order valence-corrected chi connectivity index (χ1v) is 4.46. The van der Waals surface area contributed by atoms with Gasteiger partial charge >= 0.3 is 0 Å². The summed E-state index contributed by atoms with van der Waals surface area (Å²) in [6.07, 6.45) is 1.09. The van der Waals surface area contributed by atoms with Crippen LogP contribution in [-0.2, 0) is 4.79 Å². The molecule has 1 rings (SSSR count). The Bertz CT molecular complexity index is 323. The summed E-state index contributed by atoms with van der Waals surface area (Å²) in [6.45, 7) is 1.80. The summed E-state index contributed by atoms with van der Waals surface area (Å²) in [4.78, 5) is 10.3. The molecule has 0 saturated heterocycles. The number of hydrogen-bond donors (Lipinski definition) is 0. The Morgan fingerprint density at radius 1 is 1.57 bits per heavy atom. The third-order valence-corrected chi connectivity index (χ3v) is 2.18. The van der Waals surface area contributed by atoms with Crippen molar-refractivity contribution in [2.75, 3.05) is 7.11 Å². The molecule has 0 saturated carbocycles. The molecule has 1 aromatic rings. The lowest BCUT2D eigenvalue weighted by atomic mass is 9.97. The van der Waals surface area contributed by atoms with Crippen LogP contribution in [-0.4, -0.2) is 13.4 Å². The highest BCUT2D eigenvalue weighted by molar-refractivity contribution is 5.52. The van der Waals surface area contributed by atoms with Crippen LogP contribution in [0.2, 0.25) is 0 Å². The Balaban J connectivity index is 3.09. The summed E-state index contributed by atoms with van der Waals surface area (Å²) in [5, 5.41) is 0. The van der Waals surface area contributed by atoms with E-state index in [0.29, 0.717) is 17.7 Å². The van der Waals surface area contributed by atoms with Crippen LogP contribution in [0.25, 0.3) is 0 Å². The molecule has 2 nitrogen and oxygen atoms in total. The van der Waals surface area contributed by atoms with Crippen molar-refractivity contribution in [1.29, 1.82) is 0 Å². The van der Waals surface area contributed by atoms with Gasteiger partial charge in [-0.1, -0.05) is 13.0 Å². The van der Waals surface area contributed by atoms with E-state index >= 15 is 0 Å². The number of carbonyl (C=O) groups excluding carboxylic acids is 1. The standard InChI is InChI=1S/C11H13FO2/c1-8(6-7-13)11-9(12)4-3-5-10(11)14-2/h3-5,7-8H,6H2,1-2H3. The van der Waals surface area contributed by atoms with Gasteiger partial charge in [-0.25, -0.2) is 4.39 Å². The predicted octanol–water partition coefficient (Wildman–Crippen LogP) is 2.53. The van der Waals surface area contributed by atoms with Gasteiger partial charge in [0, 0.05) is 12.0 Å². The van der Waals surface area contributed by atoms with E-state index in [0.717, 1.165) is 6.29 Å². The Labute approximate surface area is 82.7 Å². The van der Waals surface area contributed by atoms with Gasteiger partial charge in [-0.3, -0.25) is 0 Å². The average Bonchev–Trinajstić information content (AvgIpc) is 2.17. The highest BCUT2D eigenvalue weighted by Crippen LogP contribution is 2.30. The highest BCUT2D eigenvalue weighted by Gasteiger charge is 2.15. The maximum Gasteiger partial charge on any atom is 0.130 e. The summed E-state index contributed by atoms with van der Waals surface area (Å²) >= 11 is 0. The van der Waals surface area contributed by atoms with E-state index in [2.05, 4.69) is 0 Å². The van der Waals surface area contributed by atoms with Crippen LogP contribution in [0.3, 0.4) is 0 Å². The zero-order chi connectivity index (χ0) is 10.6. The zero-order valence-electron chi connectivity index (χ0n) is 8.29. The van der Waals surface area contributed by atoms with Crippen molar-refractivity contribution in [2.24, 2.45) is 0 Å². The van der Waals surface area contributed by atoms with Gasteiger partial charge in [0.25, 0.3) is 0 Å². The second-order valence-electron chi connectivity index (χ2n) is 3.16. The van der Waals surface area contributed by atoms with Gasteiger partial charge in [-0.2, -0.15) is 0 Å². The van der Waals surface area contributed by atoms with E-state index in [-0.39, 0.29) is 11.7 Å². The molecule has 0 radical (unpaired) electrons. The molecule has 0 aliphatic rings. The molecule has 0 aliphatic carbocycles. The van der Waals surface area contributed by atoms with E-state index in [1.807, 2.05) is 0 Å². The molecule has 0 spiro atoms. The molecule has 0 bridgehead atoms. The van der Waals surface area contributed by atoms with Gasteiger partial charge < -0.3 is 9.53 Å². The maximum absolute atomic E-state index is 13.4. The van der Waals surface area contributed by atoms with E-state index < -0.39 is 0 Å². The van der Waals surface area contributed by atoms with Crippen molar-refractivity contribution in [1.82, 2.24) is 0 Å². The summed E-state index contributed by atoms with van der Waals surface area (Å²) < 4.78 is 18.5. The number of ether oxygens (including phenoxy) is 1. The second kappa shape index (κ2) is 4.74. The van der Waals surface area contributed by atoms with Crippen molar-refractivity contribution < 1.29 is 13.9 Å². The fraction of sp³-hybridized carbons (Fsp3) is 0.364. The minimum atomic E-state index is -0.321. The molecule has 0 aliphatic heterocycles. The highest BCUT2D eigenvalue weighted by atomic mass is 19.1. The van der Waals surface area contributed by atoms with Crippen LogP contribution in [0.4, 0.5) is 4.39 Å². The monoisotopic (exact) mass is 196 g/mol. The van der Waals surface area contributed by atoms with Crippen molar-refractivity contribution in [2.45, 2.75) is 19.3 Å². The van der Waals surface area contributed by atoms with Gasteiger partial charge in [0.15, 0.2) is 0 Å². The lowest BCUT2D eigenvalue weighted by Crippen LogP contribution is -2.01. The largest absolute Gasteiger partial charge is 0.496 e. The predicted molar refractivity (Wildman–Crippen MR) is 52.0 cm³/mol. The number of carbonyl (C=O) groups is 1. The Hall–Kier alpha value is -1.38. The first kappa shape index (κ1) is 10.7. The van der Waals surface area contributed by atoms with Crippen LogP contribution in [0.1, 0.15) is 24.8 Å². The first-order valence-electron chi connectivity index (χ1n) is 4.46. The fourth-order valence-corrected chi connectivity index (χ4v) is 1.44. The van der Waals surface area contributed by atoms with Crippen LogP contribution >= 0.6 is 0 Å². The van der Waals surface area contributed by atoms with Crippen LogP contribution in [0.5, 0.6) is 5.75 Å². The SMILES string of the molecule is COc1cccc(F)c1C(C)CC=O. The maximum atomic E-state index is 13.4. The van der Waals surface area contributed by atoms with Crippen molar-refractivity contribution in [3.05, 3.63) is 29.6 Å². The van der Waals surface area contributed by atoms with Gasteiger partial charge in [-0.15, -0.1) is 0 Å². The number of hydrogen-bond acceptors (Lipinski definition) is 2. The quantitative estimate of drug-likeness (QED) is 0.692. The number of benzene rings is 1. The smallest absolute Gasteiger partial charge is 0.130 e. The minimum absolute atomic E-state index is 0.149. The summed E-state index contributed by atoms with van der Waals surface area (Å²) in [6, 6.07) is 4.66. The lowest BCUT2D eigenvalue weighted by molar-refractivity contribution is -0.108. The molecule has 0 heterocycles. The zero-order valence-corrected chi connectivity index (χ0v) is 8.29. The molecule has 1 aromatic carbocycles. The van der Waals surface area contributed by atoms with E-state index in [4.69, 9.17) is 4.74 Å². The third kappa shape index (κ3) is 2.10. The van der Waals surface area contributed by atoms with Crippen molar-refractivity contribution in [3.8, 4) is 5.75 Å². The normalized spacial score (nSPS) is 12.2. The number of rotatable bonds is 4. The molecule has 0 amide bonds. The number of halogens is 1. The van der Waals surface area contributed by atoms with Gasteiger partial charge in [0.1, 0.15) is 17.9 Å². The number of methoxy groups -OCH3 is 1. The van der Waals surface area contributed by atoms with Gasteiger partial charge in [-0.05, 0) is 18.1 Å². The van der Waals surface area contributed by atoms with Crippen molar-refractivity contribution in [3.63, 3.8) is 0 Å². The van der Waals surface area contributed by atoms with Crippen LogP contribution in [0, 0.1) is 5.82 Å². The molecular weight excluding hydrogens is 183 g/mol. The Morgan fingerprint density at radius 2 is 2.29 bits per heavy atom. The van der Waals surface area contributed by atoms with E-state index in [9.17, 15) is 9.18 Å². The minimum Gasteiger partial charge on any atom is -0.496 e. The van der Waals surface area contributed by atoms with Crippen LogP contribution < -0.4 is 4.74 Å². The molecular formula is C11H13FO2. The number of aldehydes is 1. The first-order chi connectivity index (χ1) is 6.70. The Morgan fingerprint density at radius 3 is 2.86 bits per heavy atom. The van der Waals surface area contributed by atoms with Crippen LogP contribution in [0.15, 0.2) is 18.2 Å². The third-order valence-electron chi connectivity index (χ3n) is 2.18.